The summed E-state index contributed by atoms with van der Waals surface area (Å²) in [6.07, 6.45) is -2.01. The van der Waals surface area contributed by atoms with Gasteiger partial charge in [-0.05, 0) is 19.3 Å². The largest absolute Gasteiger partial charge is 0.421 e. The standard InChI is InChI=1S/C15H17ClF3N7/c1-2-22-13-10(15(17,18)19)7-24-14(26-13)25-11(5-21)12(16)23-6-9-3-8(9)4-20/h5,7-9H,2-3,6,21H2,1H3,(H2,22,24,25,26)/b11-5+,23-12?/t8?,9-/m1/s1. The first-order valence-electron chi connectivity index (χ1n) is 7.77. The van der Waals surface area contributed by atoms with Crippen molar-refractivity contribution in [3.63, 3.8) is 0 Å². The molecule has 0 radical (unpaired) electrons. The van der Waals surface area contributed by atoms with Gasteiger partial charge in [0.25, 0.3) is 0 Å². The number of nitriles is 1. The zero-order valence-electron chi connectivity index (χ0n) is 13.8. The van der Waals surface area contributed by atoms with Crippen molar-refractivity contribution < 1.29 is 13.2 Å². The fraction of sp³-hybridized carbons (Fsp3) is 0.467. The second-order valence-electron chi connectivity index (χ2n) is 5.55. The van der Waals surface area contributed by atoms with Crippen LogP contribution in [0.3, 0.4) is 0 Å². The first-order chi connectivity index (χ1) is 12.3. The number of allylic oxidation sites excluding steroid dienone is 1. The number of aromatic nitrogens is 2. The van der Waals surface area contributed by atoms with E-state index < -0.39 is 11.7 Å². The number of aliphatic imine (C=N–C) groups is 1. The van der Waals surface area contributed by atoms with Gasteiger partial charge in [0.2, 0.25) is 5.95 Å². The van der Waals surface area contributed by atoms with Crippen molar-refractivity contribution in [2.45, 2.75) is 19.5 Å². The summed E-state index contributed by atoms with van der Waals surface area (Å²) in [6, 6.07) is 2.15. The number of nitrogens with zero attached hydrogens (tertiary/aromatic N) is 4. The van der Waals surface area contributed by atoms with Crippen molar-refractivity contribution >= 4 is 28.5 Å². The summed E-state index contributed by atoms with van der Waals surface area (Å²) in [5.41, 5.74) is 4.68. The van der Waals surface area contributed by atoms with E-state index >= 15 is 0 Å². The maximum atomic E-state index is 13.0. The van der Waals surface area contributed by atoms with E-state index in [-0.39, 0.29) is 41.0 Å². The Balaban J connectivity index is 2.13. The van der Waals surface area contributed by atoms with Crippen LogP contribution >= 0.6 is 11.6 Å². The number of hydrogen-bond donors (Lipinski definition) is 3. The second kappa shape index (κ2) is 8.23. The lowest BCUT2D eigenvalue weighted by atomic mass is 10.3. The zero-order valence-corrected chi connectivity index (χ0v) is 14.6. The lowest BCUT2D eigenvalue weighted by molar-refractivity contribution is -0.137. The number of alkyl halides is 3. The van der Waals surface area contributed by atoms with Crippen molar-refractivity contribution in [1.29, 1.82) is 5.26 Å². The smallest absolute Gasteiger partial charge is 0.403 e. The molecule has 1 aliphatic rings. The first-order valence-corrected chi connectivity index (χ1v) is 8.14. The van der Waals surface area contributed by atoms with E-state index in [4.69, 9.17) is 22.6 Å². The molecule has 0 bridgehead atoms. The predicted molar refractivity (Wildman–Crippen MR) is 92.5 cm³/mol. The van der Waals surface area contributed by atoms with Gasteiger partial charge in [-0.15, -0.1) is 0 Å². The van der Waals surface area contributed by atoms with Crippen molar-refractivity contribution in [2.24, 2.45) is 22.6 Å². The fourth-order valence-electron chi connectivity index (χ4n) is 2.12. The first kappa shape index (κ1) is 19.8. The summed E-state index contributed by atoms with van der Waals surface area (Å²) in [4.78, 5) is 11.6. The molecule has 2 rings (SSSR count). The Morgan fingerprint density at radius 1 is 1.58 bits per heavy atom. The maximum Gasteiger partial charge on any atom is 0.421 e. The van der Waals surface area contributed by atoms with E-state index in [1.807, 2.05) is 0 Å². The van der Waals surface area contributed by atoms with Crippen LogP contribution in [-0.4, -0.2) is 28.2 Å². The summed E-state index contributed by atoms with van der Waals surface area (Å²) in [7, 11) is 0. The molecule has 2 atom stereocenters. The Kier molecular flexibility index (Phi) is 6.26. The summed E-state index contributed by atoms with van der Waals surface area (Å²) >= 11 is 6.07. The molecule has 0 saturated heterocycles. The van der Waals surface area contributed by atoms with Crippen molar-refractivity contribution in [1.82, 2.24) is 9.97 Å². The maximum absolute atomic E-state index is 13.0. The molecule has 1 aromatic rings. The van der Waals surface area contributed by atoms with Gasteiger partial charge in [-0.2, -0.15) is 23.4 Å². The zero-order chi connectivity index (χ0) is 19.3. The topological polar surface area (TPSA) is 112 Å². The number of nitrogens with one attached hydrogen (secondary N) is 2. The summed E-state index contributed by atoms with van der Waals surface area (Å²) in [5.74, 6) is -0.310. The van der Waals surface area contributed by atoms with E-state index in [0.717, 1.165) is 12.6 Å². The van der Waals surface area contributed by atoms with Gasteiger partial charge >= 0.3 is 6.18 Å². The minimum absolute atomic E-state index is 0.0117. The Morgan fingerprint density at radius 3 is 2.85 bits per heavy atom. The number of anilines is 2. The monoisotopic (exact) mass is 387 g/mol. The lowest BCUT2D eigenvalue weighted by Crippen LogP contribution is -2.16. The van der Waals surface area contributed by atoms with Crippen molar-refractivity contribution in [2.75, 3.05) is 23.7 Å². The molecule has 1 unspecified atom stereocenters. The van der Waals surface area contributed by atoms with Crippen LogP contribution in [-0.2, 0) is 6.18 Å². The Labute approximate surface area is 153 Å². The minimum atomic E-state index is -4.58. The summed E-state index contributed by atoms with van der Waals surface area (Å²) in [5, 5.41) is 14.0. The molecule has 0 aromatic carbocycles. The molecule has 0 spiro atoms. The van der Waals surface area contributed by atoms with Crippen molar-refractivity contribution in [3.05, 3.63) is 23.7 Å². The van der Waals surface area contributed by atoms with Crippen LogP contribution in [0.4, 0.5) is 24.9 Å². The fourth-order valence-corrected chi connectivity index (χ4v) is 2.30. The van der Waals surface area contributed by atoms with Crippen LogP contribution in [0.25, 0.3) is 0 Å². The van der Waals surface area contributed by atoms with Crippen LogP contribution in [0, 0.1) is 23.2 Å². The number of hydrogen-bond acceptors (Lipinski definition) is 7. The number of nitrogens with two attached hydrogens (primary N) is 1. The average Bonchev–Trinajstić information content (AvgIpc) is 3.35. The van der Waals surface area contributed by atoms with E-state index in [9.17, 15) is 13.2 Å². The highest BCUT2D eigenvalue weighted by molar-refractivity contribution is 6.69. The average molecular weight is 388 g/mol. The molecule has 7 nitrogen and oxygen atoms in total. The van der Waals surface area contributed by atoms with Gasteiger partial charge in [0.1, 0.15) is 16.6 Å². The van der Waals surface area contributed by atoms with E-state index in [2.05, 4.69) is 31.7 Å². The molecular formula is C15H17ClF3N7. The van der Waals surface area contributed by atoms with Crippen LogP contribution in [0.2, 0.25) is 0 Å². The highest BCUT2D eigenvalue weighted by Gasteiger charge is 2.37. The molecule has 0 amide bonds. The summed E-state index contributed by atoms with van der Waals surface area (Å²) in [6.45, 7) is 2.27. The molecule has 1 aliphatic carbocycles. The quantitative estimate of drug-likeness (QED) is 0.620. The van der Waals surface area contributed by atoms with Gasteiger partial charge < -0.3 is 16.4 Å². The predicted octanol–water partition coefficient (Wildman–Crippen LogP) is 2.94. The van der Waals surface area contributed by atoms with Gasteiger partial charge in [-0.1, -0.05) is 11.6 Å². The molecule has 0 aliphatic heterocycles. The van der Waals surface area contributed by atoms with Gasteiger partial charge in [0, 0.05) is 25.5 Å². The van der Waals surface area contributed by atoms with Gasteiger partial charge in [0.05, 0.1) is 17.7 Å². The number of rotatable bonds is 7. The highest BCUT2D eigenvalue weighted by Crippen LogP contribution is 2.38. The molecule has 1 aromatic heterocycles. The Bertz CT molecular complexity index is 755. The van der Waals surface area contributed by atoms with Gasteiger partial charge in [-0.3, -0.25) is 4.99 Å². The lowest BCUT2D eigenvalue weighted by Gasteiger charge is -2.14. The molecule has 26 heavy (non-hydrogen) atoms. The van der Waals surface area contributed by atoms with E-state index in [0.29, 0.717) is 12.7 Å². The number of halogens is 4. The third-order valence-corrected chi connectivity index (χ3v) is 3.95. The second-order valence-corrected chi connectivity index (χ2v) is 5.91. The molecule has 11 heteroatoms. The SMILES string of the molecule is CCNc1nc(N/C(=C/N)C(Cl)=NC[C@H]2CC2C#N)ncc1C(F)(F)F. The normalized spacial score (nSPS) is 20.5. The van der Waals surface area contributed by atoms with Gasteiger partial charge in [-0.25, -0.2) is 4.98 Å². The van der Waals surface area contributed by atoms with E-state index in [1.54, 1.807) is 6.92 Å². The molecule has 140 valence electrons. The third-order valence-electron chi connectivity index (χ3n) is 3.63. The van der Waals surface area contributed by atoms with Crippen LogP contribution < -0.4 is 16.4 Å². The molecule has 4 N–H and O–H groups in total. The summed E-state index contributed by atoms with van der Waals surface area (Å²) < 4.78 is 38.9. The third kappa shape index (κ3) is 4.98. The molecular weight excluding hydrogens is 371 g/mol. The van der Waals surface area contributed by atoms with Gasteiger partial charge in [0.15, 0.2) is 0 Å². The molecule has 1 heterocycles. The Morgan fingerprint density at radius 2 is 2.31 bits per heavy atom. The molecule has 1 fully saturated rings. The van der Waals surface area contributed by atoms with Crippen LogP contribution in [0.1, 0.15) is 18.9 Å². The minimum Gasteiger partial charge on any atom is -0.403 e. The molecule has 1 saturated carbocycles. The van der Waals surface area contributed by atoms with Crippen molar-refractivity contribution in [3.8, 4) is 6.07 Å². The van der Waals surface area contributed by atoms with Crippen LogP contribution in [0.5, 0.6) is 0 Å². The Hall–Kier alpha value is -2.54. The van der Waals surface area contributed by atoms with E-state index in [1.165, 1.54) is 0 Å². The highest BCUT2D eigenvalue weighted by atomic mass is 35.5. The van der Waals surface area contributed by atoms with Crippen LogP contribution in [0.15, 0.2) is 23.1 Å².